The van der Waals surface area contributed by atoms with Crippen LogP contribution in [0.25, 0.3) is 0 Å². The van der Waals surface area contributed by atoms with Crippen LogP contribution in [0.4, 0.5) is 4.39 Å². The van der Waals surface area contributed by atoms with Crippen LogP contribution >= 0.6 is 11.6 Å². The maximum Gasteiger partial charge on any atom is 0.224 e. The molecule has 1 saturated carbocycles. The fourth-order valence-corrected chi connectivity index (χ4v) is 3.47. The summed E-state index contributed by atoms with van der Waals surface area (Å²) >= 11 is 5.77. The molecule has 0 aliphatic heterocycles. The Hall–Kier alpha value is -1.94. The highest BCUT2D eigenvalue weighted by atomic mass is 35.5. The van der Waals surface area contributed by atoms with Gasteiger partial charge in [0.25, 0.3) is 0 Å². The number of aromatic nitrogens is 1. The lowest BCUT2D eigenvalue weighted by molar-refractivity contribution is -0.121. The van der Waals surface area contributed by atoms with Crippen molar-refractivity contribution in [2.24, 2.45) is 5.92 Å². The Morgan fingerprint density at radius 1 is 1.21 bits per heavy atom. The second-order valence-electron chi connectivity index (χ2n) is 6.31. The zero-order valence-corrected chi connectivity index (χ0v) is 14.1. The van der Waals surface area contributed by atoms with E-state index in [0.717, 1.165) is 24.0 Å². The van der Waals surface area contributed by atoms with E-state index in [2.05, 4.69) is 10.3 Å². The lowest BCUT2D eigenvalue weighted by Crippen LogP contribution is -2.33. The van der Waals surface area contributed by atoms with Crippen molar-refractivity contribution in [2.45, 2.75) is 38.1 Å². The molecule has 1 aliphatic carbocycles. The molecule has 1 fully saturated rings. The molecule has 5 heteroatoms. The van der Waals surface area contributed by atoms with Gasteiger partial charge in [-0.3, -0.25) is 4.79 Å². The standard InChI is InChI=1S/C19H20ClFN2O/c20-17-10-5-13(12-22-17)11-18(24)23-19(14-3-1-2-4-14)15-6-8-16(21)9-7-15/h5-10,12,14,19H,1-4,11H2,(H,23,24). The number of amides is 1. The molecule has 1 heterocycles. The number of nitrogens with one attached hydrogen (secondary N) is 1. The zero-order chi connectivity index (χ0) is 16.9. The van der Waals surface area contributed by atoms with Gasteiger partial charge in [-0.2, -0.15) is 0 Å². The Bertz CT molecular complexity index is 682. The molecule has 1 amide bonds. The minimum absolute atomic E-state index is 0.0552. The number of benzene rings is 1. The van der Waals surface area contributed by atoms with E-state index >= 15 is 0 Å². The first kappa shape index (κ1) is 16.9. The van der Waals surface area contributed by atoms with E-state index in [0.29, 0.717) is 11.1 Å². The van der Waals surface area contributed by atoms with Crippen LogP contribution in [0.2, 0.25) is 5.15 Å². The number of carbonyl (C=O) groups excluding carboxylic acids is 1. The molecular weight excluding hydrogens is 327 g/mol. The first-order valence-corrected chi connectivity index (χ1v) is 8.65. The summed E-state index contributed by atoms with van der Waals surface area (Å²) in [5, 5.41) is 3.55. The normalized spacial score (nSPS) is 16.1. The van der Waals surface area contributed by atoms with Gasteiger partial charge in [0.2, 0.25) is 5.91 Å². The molecule has 24 heavy (non-hydrogen) atoms. The molecule has 1 atom stereocenters. The SMILES string of the molecule is O=C(Cc1ccc(Cl)nc1)NC(c1ccc(F)cc1)C1CCCC1. The average Bonchev–Trinajstić information content (AvgIpc) is 3.10. The van der Waals surface area contributed by atoms with Crippen molar-refractivity contribution < 1.29 is 9.18 Å². The van der Waals surface area contributed by atoms with Gasteiger partial charge in [-0.1, -0.05) is 42.6 Å². The summed E-state index contributed by atoms with van der Waals surface area (Å²) in [6.45, 7) is 0. The van der Waals surface area contributed by atoms with Crippen LogP contribution in [-0.2, 0) is 11.2 Å². The van der Waals surface area contributed by atoms with Crippen molar-refractivity contribution in [3.05, 3.63) is 64.7 Å². The van der Waals surface area contributed by atoms with Crippen LogP contribution < -0.4 is 5.32 Å². The van der Waals surface area contributed by atoms with E-state index in [4.69, 9.17) is 11.6 Å². The smallest absolute Gasteiger partial charge is 0.224 e. The number of halogens is 2. The Labute approximate surface area is 146 Å². The summed E-state index contributed by atoms with van der Waals surface area (Å²) in [4.78, 5) is 16.5. The first-order chi connectivity index (χ1) is 11.6. The highest BCUT2D eigenvalue weighted by Crippen LogP contribution is 2.35. The van der Waals surface area contributed by atoms with Gasteiger partial charge in [0.15, 0.2) is 0 Å². The summed E-state index contributed by atoms with van der Waals surface area (Å²) in [6, 6.07) is 9.85. The van der Waals surface area contributed by atoms with E-state index < -0.39 is 0 Å². The third-order valence-corrected chi connectivity index (χ3v) is 4.79. The minimum Gasteiger partial charge on any atom is -0.349 e. The van der Waals surface area contributed by atoms with E-state index in [9.17, 15) is 9.18 Å². The van der Waals surface area contributed by atoms with Gasteiger partial charge in [-0.15, -0.1) is 0 Å². The fraction of sp³-hybridized carbons (Fsp3) is 0.368. The largest absolute Gasteiger partial charge is 0.349 e. The molecule has 1 unspecified atom stereocenters. The van der Waals surface area contributed by atoms with Gasteiger partial charge in [0.1, 0.15) is 11.0 Å². The Morgan fingerprint density at radius 3 is 2.54 bits per heavy atom. The van der Waals surface area contributed by atoms with Crippen molar-refractivity contribution in [2.75, 3.05) is 0 Å². The van der Waals surface area contributed by atoms with Crippen molar-refractivity contribution in [3.8, 4) is 0 Å². The number of nitrogens with zero attached hydrogens (tertiary/aromatic N) is 1. The quantitative estimate of drug-likeness (QED) is 0.812. The number of hydrogen-bond donors (Lipinski definition) is 1. The van der Waals surface area contributed by atoms with Crippen LogP contribution in [-0.4, -0.2) is 10.9 Å². The molecule has 3 rings (SSSR count). The van der Waals surface area contributed by atoms with Crippen molar-refractivity contribution in [1.82, 2.24) is 10.3 Å². The summed E-state index contributed by atoms with van der Waals surface area (Å²) in [6.07, 6.45) is 6.41. The number of rotatable bonds is 5. The molecule has 0 bridgehead atoms. The predicted octanol–water partition coefficient (Wildman–Crippen LogP) is 4.46. The molecule has 1 aliphatic rings. The molecule has 0 radical (unpaired) electrons. The average molecular weight is 347 g/mol. The van der Waals surface area contributed by atoms with Crippen LogP contribution in [0.3, 0.4) is 0 Å². The lowest BCUT2D eigenvalue weighted by atomic mass is 9.91. The second-order valence-corrected chi connectivity index (χ2v) is 6.69. The predicted molar refractivity (Wildman–Crippen MR) is 92.2 cm³/mol. The van der Waals surface area contributed by atoms with Gasteiger partial charge in [0, 0.05) is 6.20 Å². The topological polar surface area (TPSA) is 42.0 Å². The van der Waals surface area contributed by atoms with Crippen molar-refractivity contribution in [3.63, 3.8) is 0 Å². The third-order valence-electron chi connectivity index (χ3n) is 4.57. The lowest BCUT2D eigenvalue weighted by Gasteiger charge is -2.25. The fourth-order valence-electron chi connectivity index (χ4n) is 3.36. The summed E-state index contributed by atoms with van der Waals surface area (Å²) in [7, 11) is 0. The van der Waals surface area contributed by atoms with E-state index in [-0.39, 0.29) is 24.2 Å². The summed E-state index contributed by atoms with van der Waals surface area (Å²) < 4.78 is 13.2. The molecule has 1 N–H and O–H groups in total. The van der Waals surface area contributed by atoms with Crippen molar-refractivity contribution in [1.29, 1.82) is 0 Å². The Morgan fingerprint density at radius 2 is 1.92 bits per heavy atom. The van der Waals surface area contributed by atoms with Crippen LogP contribution in [0.1, 0.15) is 42.9 Å². The third kappa shape index (κ3) is 4.32. The highest BCUT2D eigenvalue weighted by molar-refractivity contribution is 6.29. The maximum absolute atomic E-state index is 13.2. The number of carbonyl (C=O) groups is 1. The van der Waals surface area contributed by atoms with Crippen LogP contribution in [0, 0.1) is 11.7 Å². The molecule has 2 aromatic rings. The molecular formula is C19H20ClFN2O. The Kier molecular flexibility index (Phi) is 5.46. The van der Waals surface area contributed by atoms with Gasteiger partial charge >= 0.3 is 0 Å². The molecule has 1 aromatic heterocycles. The van der Waals surface area contributed by atoms with E-state index in [1.54, 1.807) is 30.5 Å². The van der Waals surface area contributed by atoms with Crippen LogP contribution in [0.15, 0.2) is 42.6 Å². The minimum atomic E-state index is -0.262. The zero-order valence-electron chi connectivity index (χ0n) is 13.3. The highest BCUT2D eigenvalue weighted by Gasteiger charge is 2.27. The number of pyridine rings is 1. The molecule has 3 nitrogen and oxygen atoms in total. The number of hydrogen-bond acceptors (Lipinski definition) is 2. The van der Waals surface area contributed by atoms with Crippen LogP contribution in [0.5, 0.6) is 0 Å². The summed E-state index contributed by atoms with van der Waals surface area (Å²) in [5.74, 6) is 0.0885. The van der Waals surface area contributed by atoms with Gasteiger partial charge in [-0.25, -0.2) is 9.37 Å². The summed E-state index contributed by atoms with van der Waals surface area (Å²) in [5.41, 5.74) is 1.78. The van der Waals surface area contributed by atoms with E-state index in [1.165, 1.54) is 25.0 Å². The monoisotopic (exact) mass is 346 g/mol. The van der Waals surface area contributed by atoms with Gasteiger partial charge in [-0.05, 0) is 48.1 Å². The van der Waals surface area contributed by atoms with Gasteiger partial charge in [0.05, 0.1) is 12.5 Å². The molecule has 1 aromatic carbocycles. The van der Waals surface area contributed by atoms with Gasteiger partial charge < -0.3 is 5.32 Å². The maximum atomic E-state index is 13.2. The van der Waals surface area contributed by atoms with Crippen molar-refractivity contribution >= 4 is 17.5 Å². The second kappa shape index (κ2) is 7.75. The molecule has 126 valence electrons. The molecule has 0 spiro atoms. The Balaban J connectivity index is 1.72. The van der Waals surface area contributed by atoms with E-state index in [1.807, 2.05) is 0 Å². The first-order valence-electron chi connectivity index (χ1n) is 8.27. The molecule has 0 saturated heterocycles.